The van der Waals surface area contributed by atoms with E-state index in [4.69, 9.17) is 28.4 Å². The van der Waals surface area contributed by atoms with Crippen LogP contribution >= 0.6 is 0 Å². The van der Waals surface area contributed by atoms with Crippen LogP contribution in [0.2, 0.25) is 0 Å². The van der Waals surface area contributed by atoms with Crippen LogP contribution in [0.25, 0.3) is 0 Å². The minimum atomic E-state index is -5.16. The molecule has 2 aliphatic heterocycles. The molecule has 332 valence electrons. The summed E-state index contributed by atoms with van der Waals surface area (Å²) in [6.45, 7) is 17.8. The molecule has 0 saturated carbocycles. The van der Waals surface area contributed by atoms with Gasteiger partial charge in [0, 0.05) is 44.4 Å². The highest BCUT2D eigenvalue weighted by Gasteiger charge is 2.44. The molecule has 2 aromatic rings. The normalized spacial score (nSPS) is 16.0. The molecule has 4 rings (SSSR count). The van der Waals surface area contributed by atoms with Crippen LogP contribution in [0.4, 0.5) is 30.1 Å². The summed E-state index contributed by atoms with van der Waals surface area (Å²) in [5.74, 6) is -2.64. The molecule has 0 unspecified atom stereocenters. The third-order valence-electron chi connectivity index (χ3n) is 8.85. The van der Waals surface area contributed by atoms with Gasteiger partial charge in [-0.3, -0.25) is 9.69 Å². The molecule has 1 saturated heterocycles. The predicted molar refractivity (Wildman–Crippen MR) is 222 cm³/mol. The van der Waals surface area contributed by atoms with E-state index in [1.54, 1.807) is 97.4 Å². The molecular weight excluding hydrogens is 804 g/mol. The van der Waals surface area contributed by atoms with Crippen LogP contribution in [0.1, 0.15) is 86.3 Å². The average molecular weight is 863 g/mol. The lowest BCUT2D eigenvalue weighted by atomic mass is 9.99. The third-order valence-corrected chi connectivity index (χ3v) is 10.2. The van der Waals surface area contributed by atoms with Gasteiger partial charge in [0.1, 0.15) is 48.0 Å². The van der Waals surface area contributed by atoms with Gasteiger partial charge >= 0.3 is 34.5 Å². The minimum absolute atomic E-state index is 0.0262. The first-order valence-electron chi connectivity index (χ1n) is 19.8. The third kappa shape index (κ3) is 13.7. The Kier molecular flexibility index (Phi) is 15.5. The Morgan fingerprint density at radius 1 is 0.933 bits per heavy atom. The standard InChI is InChI=1S/C42H59FN4O12S/c1-11-19-55-37(49)44-60(52,53)46(26-34(48)57-40(2,3)4)36-33(56-27-29-15-13-12-14-16-29)23-32-31(35(36)43)22-30(47(32)39(51)59-42(8,9)10)25-45(38(50)58-41(5,6)7)24-28-17-20-54-21-18-28/h11-16,23,28,30H,1,17-22,24-27H2,2-10H3,(H,44,49)/t30-/m1/s1. The fourth-order valence-corrected chi connectivity index (χ4v) is 7.57. The molecular formula is C42H59FN4O12S. The van der Waals surface area contributed by atoms with Crippen molar-refractivity contribution in [3.8, 4) is 5.75 Å². The minimum Gasteiger partial charge on any atom is -0.487 e. The summed E-state index contributed by atoms with van der Waals surface area (Å²) >= 11 is 0. The molecule has 1 fully saturated rings. The Hall–Kier alpha value is -5.10. The van der Waals surface area contributed by atoms with Crippen molar-refractivity contribution in [3.63, 3.8) is 0 Å². The molecule has 2 heterocycles. The van der Waals surface area contributed by atoms with Crippen LogP contribution in [0.5, 0.6) is 5.75 Å². The van der Waals surface area contributed by atoms with Crippen molar-refractivity contribution in [2.45, 2.75) is 111 Å². The van der Waals surface area contributed by atoms with E-state index in [0.717, 1.165) is 0 Å². The van der Waals surface area contributed by atoms with E-state index in [-0.39, 0.29) is 49.9 Å². The summed E-state index contributed by atoms with van der Waals surface area (Å²) in [6, 6.07) is 9.03. The Balaban J connectivity index is 1.93. The number of carbonyl (C=O) groups excluding carboxylic acids is 4. The van der Waals surface area contributed by atoms with Crippen LogP contribution in [0.3, 0.4) is 0 Å². The molecule has 2 aromatic carbocycles. The van der Waals surface area contributed by atoms with E-state index < -0.39 is 81.1 Å². The van der Waals surface area contributed by atoms with Gasteiger partial charge in [-0.15, -0.1) is 0 Å². The van der Waals surface area contributed by atoms with Gasteiger partial charge in [-0.1, -0.05) is 43.0 Å². The van der Waals surface area contributed by atoms with E-state index in [1.807, 2.05) is 0 Å². The number of amides is 3. The maximum Gasteiger partial charge on any atom is 0.422 e. The smallest absolute Gasteiger partial charge is 0.422 e. The van der Waals surface area contributed by atoms with Gasteiger partial charge in [0.25, 0.3) is 0 Å². The van der Waals surface area contributed by atoms with Gasteiger partial charge in [-0.05, 0) is 86.6 Å². The number of esters is 1. The van der Waals surface area contributed by atoms with Gasteiger partial charge in [0.05, 0.1) is 11.7 Å². The van der Waals surface area contributed by atoms with Crippen molar-refractivity contribution in [1.29, 1.82) is 0 Å². The molecule has 18 heteroatoms. The highest BCUT2D eigenvalue weighted by Crippen LogP contribution is 2.46. The quantitative estimate of drug-likeness (QED) is 0.117. The van der Waals surface area contributed by atoms with Gasteiger partial charge in [0.15, 0.2) is 5.82 Å². The first kappa shape index (κ1) is 47.6. The molecule has 1 N–H and O–H groups in total. The average Bonchev–Trinajstić information content (AvgIpc) is 3.49. The first-order chi connectivity index (χ1) is 27.9. The monoisotopic (exact) mass is 862 g/mol. The second kappa shape index (κ2) is 19.5. The summed E-state index contributed by atoms with van der Waals surface area (Å²) in [7, 11) is -5.16. The molecule has 3 amide bonds. The lowest BCUT2D eigenvalue weighted by Gasteiger charge is -2.35. The van der Waals surface area contributed by atoms with Crippen LogP contribution in [0, 0.1) is 11.7 Å². The summed E-state index contributed by atoms with van der Waals surface area (Å²) < 4.78 is 81.6. The van der Waals surface area contributed by atoms with E-state index in [0.29, 0.717) is 35.9 Å². The summed E-state index contributed by atoms with van der Waals surface area (Å²) in [4.78, 5) is 56.8. The number of nitrogens with zero attached hydrogens (tertiary/aromatic N) is 3. The number of fused-ring (bicyclic) bond motifs is 1. The number of benzene rings is 2. The summed E-state index contributed by atoms with van der Waals surface area (Å²) in [6.07, 6.45) is -0.622. The van der Waals surface area contributed by atoms with E-state index in [9.17, 15) is 27.6 Å². The lowest BCUT2D eigenvalue weighted by molar-refractivity contribution is -0.152. The van der Waals surface area contributed by atoms with Crippen molar-refractivity contribution in [3.05, 3.63) is 66.0 Å². The van der Waals surface area contributed by atoms with Crippen molar-refractivity contribution in [2.75, 3.05) is 48.7 Å². The number of hydrogen-bond acceptors (Lipinski definition) is 12. The zero-order valence-electron chi connectivity index (χ0n) is 36.0. The zero-order valence-corrected chi connectivity index (χ0v) is 36.8. The molecule has 0 aromatic heterocycles. The van der Waals surface area contributed by atoms with E-state index in [1.165, 1.54) is 21.9 Å². The van der Waals surface area contributed by atoms with Crippen molar-refractivity contribution >= 4 is 45.8 Å². The summed E-state index contributed by atoms with van der Waals surface area (Å²) in [5, 5.41) is 0. The molecule has 0 radical (unpaired) electrons. The fraction of sp³-hybridized carbons (Fsp3) is 0.571. The fourth-order valence-electron chi connectivity index (χ4n) is 6.50. The zero-order chi connectivity index (χ0) is 44.6. The second-order valence-corrected chi connectivity index (χ2v) is 19.1. The topological polar surface area (TPSA) is 180 Å². The molecule has 0 spiro atoms. The molecule has 16 nitrogen and oxygen atoms in total. The largest absolute Gasteiger partial charge is 0.487 e. The molecule has 1 atom stereocenters. The molecule has 0 aliphatic carbocycles. The Bertz CT molecular complexity index is 1970. The number of anilines is 2. The van der Waals surface area contributed by atoms with Gasteiger partial charge in [-0.25, -0.2) is 27.8 Å². The highest BCUT2D eigenvalue weighted by atomic mass is 32.2. The maximum atomic E-state index is 17.7. The number of ether oxygens (including phenoxy) is 6. The second-order valence-electron chi connectivity index (χ2n) is 17.5. The molecule has 0 bridgehead atoms. The number of halogens is 1. The van der Waals surface area contributed by atoms with Crippen molar-refractivity contribution in [1.82, 2.24) is 9.62 Å². The SMILES string of the molecule is C=CCOC(=O)NS(=O)(=O)N(CC(=O)OC(C)(C)C)c1c(OCc2ccccc2)cc2c(c1F)C[C@H](CN(CC1CCOCC1)C(=O)OC(C)(C)C)N2C(=O)OC(C)(C)C. The number of hydrogen-bond donors (Lipinski definition) is 1. The number of rotatable bonds is 14. The van der Waals surface area contributed by atoms with Crippen LogP contribution in [-0.2, 0) is 51.7 Å². The van der Waals surface area contributed by atoms with Crippen LogP contribution < -0.4 is 18.7 Å². The van der Waals surface area contributed by atoms with Crippen LogP contribution in [0.15, 0.2) is 49.1 Å². The van der Waals surface area contributed by atoms with Gasteiger partial charge in [0.2, 0.25) is 0 Å². The lowest BCUT2D eigenvalue weighted by Crippen LogP contribution is -2.50. The first-order valence-corrected chi connectivity index (χ1v) is 21.2. The molecule has 60 heavy (non-hydrogen) atoms. The van der Waals surface area contributed by atoms with Crippen molar-refractivity contribution in [2.24, 2.45) is 5.92 Å². The van der Waals surface area contributed by atoms with Gasteiger partial charge < -0.3 is 33.3 Å². The van der Waals surface area contributed by atoms with Crippen molar-refractivity contribution < 1.29 is 60.4 Å². The number of carbonyl (C=O) groups is 4. The maximum absolute atomic E-state index is 17.7. The van der Waals surface area contributed by atoms with Crippen LogP contribution in [-0.4, -0.2) is 99.9 Å². The van der Waals surface area contributed by atoms with E-state index >= 15 is 4.39 Å². The Morgan fingerprint density at radius 2 is 1.55 bits per heavy atom. The summed E-state index contributed by atoms with van der Waals surface area (Å²) in [5.41, 5.74) is -3.28. The number of nitrogens with one attached hydrogen (secondary N) is 1. The Labute approximate surface area is 352 Å². The Morgan fingerprint density at radius 3 is 2.13 bits per heavy atom. The van der Waals surface area contributed by atoms with E-state index in [2.05, 4.69) is 6.58 Å². The van der Waals surface area contributed by atoms with Gasteiger partial charge in [-0.2, -0.15) is 8.42 Å². The molecule has 2 aliphatic rings. The predicted octanol–water partition coefficient (Wildman–Crippen LogP) is 7.04. The highest BCUT2D eigenvalue weighted by molar-refractivity contribution is 7.91.